The summed E-state index contributed by atoms with van der Waals surface area (Å²) in [5.41, 5.74) is 8.43. The van der Waals surface area contributed by atoms with Crippen LogP contribution in [0.25, 0.3) is 5.65 Å². The summed E-state index contributed by atoms with van der Waals surface area (Å²) in [6.45, 7) is 4.27. The van der Waals surface area contributed by atoms with Crippen molar-refractivity contribution >= 4 is 36.4 Å². The Bertz CT molecular complexity index is 568. The van der Waals surface area contributed by atoms with Crippen LogP contribution in [0.1, 0.15) is 24.7 Å². The van der Waals surface area contributed by atoms with Crippen molar-refractivity contribution in [2.24, 2.45) is 5.73 Å². The first-order chi connectivity index (χ1) is 8.56. The maximum Gasteiger partial charge on any atom is 0.221 e. The monoisotopic (exact) mass is 318 g/mol. The molecular weight excluding hydrogens is 299 g/mol. The van der Waals surface area contributed by atoms with Crippen molar-refractivity contribution in [3.63, 3.8) is 0 Å². The second-order valence-electron chi connectivity index (χ2n) is 4.59. The lowest BCUT2D eigenvalue weighted by Gasteiger charge is -2.05. The lowest BCUT2D eigenvalue weighted by Crippen LogP contribution is -2.29. The van der Waals surface area contributed by atoms with Crippen molar-refractivity contribution in [2.45, 2.75) is 32.9 Å². The standard InChI is InChI=1S/C13H18N4O.2ClH/c1-9(14)6-13(18)15-7-11-8-17-10(2)4-3-5-12(17)16-11;;/h3-5,8-9H,6-7,14H2,1-2H3,(H,15,18);2*1H. The summed E-state index contributed by atoms with van der Waals surface area (Å²) in [4.78, 5) is 15.9. The second kappa shape index (κ2) is 8.09. The van der Waals surface area contributed by atoms with Crippen LogP contribution in [0, 0.1) is 6.92 Å². The molecule has 0 bridgehead atoms. The summed E-state index contributed by atoms with van der Waals surface area (Å²) >= 11 is 0. The molecule has 2 aromatic rings. The van der Waals surface area contributed by atoms with Crippen LogP contribution in [0.15, 0.2) is 24.4 Å². The van der Waals surface area contributed by atoms with Crippen LogP contribution in [0.5, 0.6) is 0 Å². The molecule has 7 heteroatoms. The van der Waals surface area contributed by atoms with Crippen molar-refractivity contribution in [3.05, 3.63) is 35.8 Å². The third-order valence-corrected chi connectivity index (χ3v) is 2.72. The molecule has 0 radical (unpaired) electrons. The van der Waals surface area contributed by atoms with Gasteiger partial charge in [-0.2, -0.15) is 0 Å². The SMILES string of the molecule is Cc1cccc2nc(CNC(=O)CC(C)N)cn12.Cl.Cl. The molecule has 5 nitrogen and oxygen atoms in total. The minimum absolute atomic E-state index is 0. The number of rotatable bonds is 4. The molecule has 0 fully saturated rings. The molecule has 0 aliphatic rings. The van der Waals surface area contributed by atoms with E-state index in [1.54, 1.807) is 0 Å². The Morgan fingerprint density at radius 1 is 1.45 bits per heavy atom. The van der Waals surface area contributed by atoms with Gasteiger partial charge in [-0.1, -0.05) is 6.07 Å². The van der Waals surface area contributed by atoms with Gasteiger partial charge in [-0.05, 0) is 26.0 Å². The van der Waals surface area contributed by atoms with E-state index in [4.69, 9.17) is 5.73 Å². The predicted octanol–water partition coefficient (Wildman–Crippen LogP) is 1.84. The summed E-state index contributed by atoms with van der Waals surface area (Å²) in [6.07, 6.45) is 2.28. The number of amides is 1. The molecule has 0 aromatic carbocycles. The van der Waals surface area contributed by atoms with Gasteiger partial charge in [0.2, 0.25) is 5.91 Å². The van der Waals surface area contributed by atoms with Gasteiger partial charge in [0, 0.05) is 24.4 Å². The van der Waals surface area contributed by atoms with Gasteiger partial charge < -0.3 is 15.5 Å². The zero-order valence-electron chi connectivity index (χ0n) is 11.5. The fourth-order valence-electron chi connectivity index (χ4n) is 1.84. The molecule has 0 spiro atoms. The second-order valence-corrected chi connectivity index (χ2v) is 4.59. The van der Waals surface area contributed by atoms with E-state index in [1.165, 1.54) is 0 Å². The molecule has 112 valence electrons. The van der Waals surface area contributed by atoms with Gasteiger partial charge in [-0.3, -0.25) is 4.79 Å². The minimum atomic E-state index is -0.117. The molecule has 1 unspecified atom stereocenters. The molecule has 20 heavy (non-hydrogen) atoms. The van der Waals surface area contributed by atoms with Gasteiger partial charge in [0.05, 0.1) is 12.2 Å². The summed E-state index contributed by atoms with van der Waals surface area (Å²) in [5, 5.41) is 2.82. The number of pyridine rings is 1. The van der Waals surface area contributed by atoms with Crippen LogP contribution < -0.4 is 11.1 Å². The van der Waals surface area contributed by atoms with Crippen molar-refractivity contribution < 1.29 is 4.79 Å². The number of aryl methyl sites for hydroxylation is 1. The molecular formula is C13H20Cl2N4O. The Morgan fingerprint density at radius 3 is 2.75 bits per heavy atom. The number of halogens is 2. The number of hydrogen-bond donors (Lipinski definition) is 2. The normalized spacial score (nSPS) is 11.3. The van der Waals surface area contributed by atoms with Gasteiger partial charge in [-0.15, -0.1) is 24.8 Å². The quantitative estimate of drug-likeness (QED) is 0.903. The highest BCUT2D eigenvalue weighted by Crippen LogP contribution is 2.08. The van der Waals surface area contributed by atoms with E-state index in [-0.39, 0.29) is 36.8 Å². The van der Waals surface area contributed by atoms with Gasteiger partial charge in [0.1, 0.15) is 5.65 Å². The molecule has 2 aromatic heterocycles. The van der Waals surface area contributed by atoms with Gasteiger partial charge in [0.25, 0.3) is 0 Å². The molecule has 1 atom stereocenters. The van der Waals surface area contributed by atoms with E-state index in [9.17, 15) is 4.79 Å². The maximum absolute atomic E-state index is 11.5. The van der Waals surface area contributed by atoms with Crippen LogP contribution >= 0.6 is 24.8 Å². The van der Waals surface area contributed by atoms with E-state index in [0.717, 1.165) is 17.0 Å². The zero-order chi connectivity index (χ0) is 13.1. The van der Waals surface area contributed by atoms with Crippen molar-refractivity contribution in [2.75, 3.05) is 0 Å². The van der Waals surface area contributed by atoms with E-state index >= 15 is 0 Å². The zero-order valence-corrected chi connectivity index (χ0v) is 13.1. The summed E-state index contributed by atoms with van der Waals surface area (Å²) in [5.74, 6) is -0.0428. The number of fused-ring (bicyclic) bond motifs is 1. The first-order valence-electron chi connectivity index (χ1n) is 6.02. The van der Waals surface area contributed by atoms with Gasteiger partial charge in [-0.25, -0.2) is 4.98 Å². The average molecular weight is 319 g/mol. The lowest BCUT2D eigenvalue weighted by atomic mass is 10.2. The van der Waals surface area contributed by atoms with E-state index in [2.05, 4.69) is 10.3 Å². The maximum atomic E-state index is 11.5. The molecule has 0 saturated carbocycles. The van der Waals surface area contributed by atoms with Crippen LogP contribution in [-0.4, -0.2) is 21.3 Å². The minimum Gasteiger partial charge on any atom is -0.350 e. The number of carbonyl (C=O) groups is 1. The van der Waals surface area contributed by atoms with Crippen molar-refractivity contribution in [1.82, 2.24) is 14.7 Å². The van der Waals surface area contributed by atoms with Crippen molar-refractivity contribution in [1.29, 1.82) is 0 Å². The fourth-order valence-corrected chi connectivity index (χ4v) is 1.84. The van der Waals surface area contributed by atoms with Crippen LogP contribution in [0.3, 0.4) is 0 Å². The Hall–Kier alpha value is -1.30. The number of nitrogens with two attached hydrogens (primary N) is 1. The van der Waals surface area contributed by atoms with Crippen LogP contribution in [-0.2, 0) is 11.3 Å². The highest BCUT2D eigenvalue weighted by Gasteiger charge is 2.07. The third-order valence-electron chi connectivity index (χ3n) is 2.72. The number of hydrogen-bond acceptors (Lipinski definition) is 3. The fraction of sp³-hybridized carbons (Fsp3) is 0.385. The Morgan fingerprint density at radius 2 is 2.15 bits per heavy atom. The Labute approximate surface area is 130 Å². The number of carbonyl (C=O) groups excluding carboxylic acids is 1. The number of nitrogens with one attached hydrogen (secondary N) is 1. The molecule has 0 aliphatic carbocycles. The van der Waals surface area contributed by atoms with Crippen LogP contribution in [0.4, 0.5) is 0 Å². The highest BCUT2D eigenvalue weighted by molar-refractivity contribution is 5.85. The summed E-state index contributed by atoms with van der Waals surface area (Å²) in [6, 6.07) is 5.82. The molecule has 1 amide bonds. The number of aromatic nitrogens is 2. The topological polar surface area (TPSA) is 72.4 Å². The first-order valence-corrected chi connectivity index (χ1v) is 6.02. The number of nitrogens with zero attached hydrogens (tertiary/aromatic N) is 2. The van der Waals surface area contributed by atoms with Crippen LogP contribution in [0.2, 0.25) is 0 Å². The Balaban J connectivity index is 0.00000180. The van der Waals surface area contributed by atoms with Gasteiger partial charge in [0.15, 0.2) is 0 Å². The molecule has 2 rings (SSSR count). The van der Waals surface area contributed by atoms with Gasteiger partial charge >= 0.3 is 0 Å². The lowest BCUT2D eigenvalue weighted by molar-refractivity contribution is -0.121. The number of imidazole rings is 1. The Kier molecular flexibility index (Phi) is 7.57. The van der Waals surface area contributed by atoms with Crippen molar-refractivity contribution in [3.8, 4) is 0 Å². The smallest absolute Gasteiger partial charge is 0.221 e. The predicted molar refractivity (Wildman–Crippen MR) is 84.5 cm³/mol. The third kappa shape index (κ3) is 4.67. The highest BCUT2D eigenvalue weighted by atomic mass is 35.5. The molecule has 0 aliphatic heterocycles. The molecule has 0 saturated heterocycles. The largest absolute Gasteiger partial charge is 0.350 e. The molecule has 3 N–H and O–H groups in total. The van der Waals surface area contributed by atoms with E-state index in [1.807, 2.05) is 42.6 Å². The first kappa shape index (κ1) is 18.7. The van der Waals surface area contributed by atoms with E-state index < -0.39 is 0 Å². The average Bonchev–Trinajstić information content (AvgIpc) is 2.70. The van der Waals surface area contributed by atoms with E-state index in [0.29, 0.717) is 13.0 Å². The summed E-state index contributed by atoms with van der Waals surface area (Å²) < 4.78 is 2.01. The molecule has 2 heterocycles. The summed E-state index contributed by atoms with van der Waals surface area (Å²) in [7, 11) is 0.